The first kappa shape index (κ1) is 52.1. The highest BCUT2D eigenvalue weighted by Gasteiger charge is 2.52. The maximum atomic E-state index is 6.88. The molecule has 8 heteroatoms. The number of ether oxygens (including phenoxy) is 2. The Morgan fingerprint density at radius 2 is 0.920 bits per heavy atom. The van der Waals surface area contributed by atoms with Gasteiger partial charge in [-0.15, -0.1) is 0 Å². The molecule has 0 aromatic heterocycles. The quantitative estimate of drug-likeness (QED) is 0.0754. The van der Waals surface area contributed by atoms with E-state index in [2.05, 4.69) is 240 Å². The first-order valence-electron chi connectivity index (χ1n) is 27.5. The van der Waals surface area contributed by atoms with Crippen LogP contribution in [0.3, 0.4) is 0 Å². The van der Waals surface area contributed by atoms with Crippen molar-refractivity contribution in [2.45, 2.75) is 99.3 Å². The second-order valence-electron chi connectivity index (χ2n) is 20.4. The van der Waals surface area contributed by atoms with E-state index < -0.39 is 32.3 Å². The zero-order valence-corrected chi connectivity index (χ0v) is 47.5. The second kappa shape index (κ2) is 25.0. The van der Waals surface area contributed by atoms with E-state index >= 15 is 0 Å². The van der Waals surface area contributed by atoms with Crippen LogP contribution in [0.2, 0.25) is 0 Å². The summed E-state index contributed by atoms with van der Waals surface area (Å²) in [6.45, 7) is 3.36. The van der Waals surface area contributed by atoms with E-state index in [0.717, 1.165) is 37.3 Å². The Morgan fingerprint density at radius 1 is 0.453 bits per heavy atom. The van der Waals surface area contributed by atoms with Crippen LogP contribution < -0.4 is 30.7 Å². The van der Waals surface area contributed by atoms with Crippen molar-refractivity contribution in [2.75, 3.05) is 20.8 Å². The van der Waals surface area contributed by atoms with Crippen LogP contribution in [0.15, 0.2) is 224 Å². The van der Waals surface area contributed by atoms with E-state index in [1.54, 1.807) is 0 Å². The van der Waals surface area contributed by atoms with Gasteiger partial charge in [0.05, 0.1) is 14.2 Å². The largest absolute Gasteiger partial charge is 0.496 e. The third-order valence-electron chi connectivity index (χ3n) is 16.0. The molecule has 3 unspecified atom stereocenters. The Morgan fingerprint density at radius 3 is 1.44 bits per heavy atom. The van der Waals surface area contributed by atoms with Gasteiger partial charge in [0.2, 0.25) is 0 Å². The van der Waals surface area contributed by atoms with Crippen LogP contribution in [0.5, 0.6) is 11.5 Å². The summed E-state index contributed by atoms with van der Waals surface area (Å²) < 4.78 is 19.5. The minimum Gasteiger partial charge on any atom is -0.496 e. The van der Waals surface area contributed by atoms with Crippen LogP contribution in [-0.2, 0) is 0 Å². The fourth-order valence-corrected chi connectivity index (χ4v) is 28.2. The van der Waals surface area contributed by atoms with Gasteiger partial charge in [-0.1, -0.05) is 226 Å². The maximum absolute atomic E-state index is 6.88. The number of methoxy groups -OCH3 is 2. The number of para-hydroxylation sites is 1. The molecule has 11 rings (SSSR count). The summed E-state index contributed by atoms with van der Waals surface area (Å²) in [5, 5.41) is 5.45. The number of hydrogen-bond donors (Lipinski definition) is 0. The van der Waals surface area contributed by atoms with E-state index in [0.29, 0.717) is 23.0 Å². The van der Waals surface area contributed by atoms with Gasteiger partial charge in [-0.25, -0.2) is 4.44 Å². The first-order valence-corrected chi connectivity index (χ1v) is 32.9. The van der Waals surface area contributed by atoms with Crippen LogP contribution in [0, 0.1) is 0 Å². The fourth-order valence-electron chi connectivity index (χ4n) is 12.6. The number of hydrogen-bond acceptors (Lipinski definition) is 4. The Balaban J connectivity index is 1.09. The second-order valence-corrected chi connectivity index (χ2v) is 30.1. The van der Waals surface area contributed by atoms with E-state index in [4.69, 9.17) is 9.47 Å². The summed E-state index contributed by atoms with van der Waals surface area (Å²) in [6, 6.07) is 86.3. The third kappa shape index (κ3) is 11.1. The van der Waals surface area contributed by atoms with Crippen LogP contribution >= 0.6 is 32.3 Å². The Bertz CT molecular complexity index is 2940. The van der Waals surface area contributed by atoms with Crippen LogP contribution in [0.1, 0.15) is 121 Å². The molecule has 0 bridgehead atoms. The van der Waals surface area contributed by atoms with Gasteiger partial charge in [0.1, 0.15) is 11.5 Å². The molecule has 382 valence electrons. The van der Waals surface area contributed by atoms with Gasteiger partial charge in [0, 0.05) is 62.0 Å². The van der Waals surface area contributed by atoms with Gasteiger partial charge >= 0.3 is 0 Å². The molecule has 75 heavy (non-hydrogen) atoms. The van der Waals surface area contributed by atoms with Gasteiger partial charge in [-0.2, -0.15) is 0 Å². The lowest BCUT2D eigenvalue weighted by atomic mass is 9.87. The molecule has 7 atom stereocenters. The molecule has 8 aromatic carbocycles. The molecule has 0 spiro atoms. The number of rotatable bonds is 19. The maximum Gasteiger partial charge on any atom is 0.128 e. The molecule has 2 heterocycles. The number of unbranched alkanes of at least 4 members (excludes halogenated alkanes) is 1. The van der Waals surface area contributed by atoms with E-state index in [1.165, 1.54) is 87.6 Å². The van der Waals surface area contributed by atoms with E-state index in [9.17, 15) is 0 Å². The van der Waals surface area contributed by atoms with Crippen LogP contribution in [0.4, 0.5) is 0 Å². The van der Waals surface area contributed by atoms with Crippen molar-refractivity contribution in [1.82, 2.24) is 8.88 Å². The predicted molar refractivity (Wildman–Crippen MR) is 324 cm³/mol. The van der Waals surface area contributed by atoms with Crippen molar-refractivity contribution >= 4 is 53.5 Å². The lowest BCUT2D eigenvalue weighted by Crippen LogP contribution is -2.33. The molecule has 0 amide bonds. The molecule has 4 nitrogen and oxygen atoms in total. The first-order chi connectivity index (χ1) is 37.1. The summed E-state index contributed by atoms with van der Waals surface area (Å²) in [5.74, 6) is 2.21. The van der Waals surface area contributed by atoms with Gasteiger partial charge in [0.25, 0.3) is 0 Å². The summed E-state index contributed by atoms with van der Waals surface area (Å²) in [4.78, 5) is 0. The monoisotopic (exact) mass is 1060 g/mol. The van der Waals surface area contributed by atoms with Crippen molar-refractivity contribution in [1.29, 1.82) is 0 Å². The molecular formula is C67H72N2O2P4. The van der Waals surface area contributed by atoms with E-state index in [1.807, 2.05) is 14.2 Å². The van der Waals surface area contributed by atoms with Crippen molar-refractivity contribution in [2.24, 2.45) is 0 Å². The highest BCUT2D eigenvalue weighted by molar-refractivity contribution is 7.80. The Kier molecular flexibility index (Phi) is 17.3. The van der Waals surface area contributed by atoms with Crippen molar-refractivity contribution in [3.8, 4) is 11.5 Å². The number of benzene rings is 8. The third-order valence-corrected chi connectivity index (χ3v) is 29.2. The molecule has 0 N–H and O–H groups in total. The average molecular weight is 1060 g/mol. The smallest absolute Gasteiger partial charge is 0.128 e. The average Bonchev–Trinajstić information content (AvgIpc) is 4.32. The van der Waals surface area contributed by atoms with Gasteiger partial charge in [-0.3, -0.25) is 4.44 Å². The molecule has 8 aromatic rings. The van der Waals surface area contributed by atoms with Gasteiger partial charge in [-0.05, 0) is 123 Å². The highest BCUT2D eigenvalue weighted by atomic mass is 31.2. The normalized spacial score (nSPS) is 21.5. The molecule has 1 saturated carbocycles. The van der Waals surface area contributed by atoms with Gasteiger partial charge < -0.3 is 9.47 Å². The minimum absolute atomic E-state index is 0.261. The zero-order valence-electron chi connectivity index (χ0n) is 43.9. The lowest BCUT2D eigenvalue weighted by molar-refractivity contribution is 0.416. The molecule has 3 fully saturated rings. The molecule has 2 saturated heterocycles. The van der Waals surface area contributed by atoms with Gasteiger partial charge in [0.15, 0.2) is 0 Å². The fraction of sp³-hybridized carbons (Fsp3) is 0.284. The molecule has 1 aliphatic carbocycles. The van der Waals surface area contributed by atoms with Crippen molar-refractivity contribution in [3.05, 3.63) is 252 Å². The number of nitrogens with zero attached hydrogens (tertiary/aromatic N) is 2. The topological polar surface area (TPSA) is 24.9 Å². The SMILES string of the molecule is CCCCN(P(c1ccccc1OC)c1ccc(C2C[C@@H](c3ccccc3)P(N(C3CCCC3)P(c3ccccc3)c3ccccc3)[C@@H]2c2ccccc2)cc1OC)P1[C@H](c2ccccc2)CC[C@H]1c1ccccc1. The molecular weight excluding hydrogens is 989 g/mol. The Labute approximate surface area is 453 Å². The summed E-state index contributed by atoms with van der Waals surface area (Å²) in [7, 11) is 0.286. The summed E-state index contributed by atoms with van der Waals surface area (Å²) in [5.41, 5.74) is 8.78. The summed E-state index contributed by atoms with van der Waals surface area (Å²) in [6.07, 6.45) is 10.7. The standard InChI is InChI=1S/C67H72N2O2P4/c1-4-5-48-68(73-62(51-28-12-6-13-29-51)46-47-63(73)52-30-14-7-15-31-52)74(64-43-27-26-42-60(64)70-2)65-45-44-55(49-61(65)71-3)59-50-66(53-32-16-8-17-33-53)75(67(59)54-34-18-9-19-35-54)69(56-36-24-25-37-56)72(57-38-20-10-21-39-57)58-40-22-11-23-41-58/h6-23,26-35,38-45,49,56,59,62-63,66-67H,4-5,24-25,36-37,46-48,50H2,1-3H3/t59?,62-,63-,66-,67+,74?,75?/m0/s1. The minimum atomic E-state index is -1.12. The van der Waals surface area contributed by atoms with Crippen molar-refractivity contribution < 1.29 is 9.47 Å². The van der Waals surface area contributed by atoms with Crippen LogP contribution in [0.25, 0.3) is 0 Å². The molecule has 0 radical (unpaired) electrons. The highest BCUT2D eigenvalue weighted by Crippen LogP contribution is 2.81. The molecule has 2 aliphatic heterocycles. The van der Waals surface area contributed by atoms with Crippen molar-refractivity contribution in [3.63, 3.8) is 0 Å². The summed E-state index contributed by atoms with van der Waals surface area (Å²) >= 11 is 0. The van der Waals surface area contributed by atoms with Crippen LogP contribution in [-0.4, -0.2) is 35.7 Å². The predicted octanol–water partition coefficient (Wildman–Crippen LogP) is 17.5. The zero-order chi connectivity index (χ0) is 50.9. The molecule has 3 aliphatic rings. The van der Waals surface area contributed by atoms with E-state index in [-0.39, 0.29) is 11.6 Å². The Hall–Kier alpha value is -5.00. The lowest BCUT2D eigenvalue weighted by Gasteiger charge is -2.46.